The van der Waals surface area contributed by atoms with E-state index >= 15 is 0 Å². The van der Waals surface area contributed by atoms with E-state index in [0.717, 1.165) is 6.20 Å². The normalized spacial score (nSPS) is 11.9. The van der Waals surface area contributed by atoms with E-state index in [9.17, 15) is 14.9 Å². The molecule has 3 N–H and O–H groups in total. The molecule has 1 atom stereocenters. The molecule has 1 amide bonds. The number of hydrogen-bond acceptors (Lipinski definition) is 5. The summed E-state index contributed by atoms with van der Waals surface area (Å²) in [6.07, 6.45) is 1.10. The molecule has 0 bridgehead atoms. The second-order valence-electron chi connectivity index (χ2n) is 3.05. The SMILES string of the molecule is CC(Nc1ncc([N+](=O)[O-])cc1Br)C(N)=O. The molecule has 1 rings (SSSR count). The van der Waals surface area contributed by atoms with Crippen molar-refractivity contribution in [1.29, 1.82) is 0 Å². The standard InChI is InChI=1S/C8H9BrN4O3/c1-4(7(10)14)12-8-6(9)2-5(3-11-8)13(15)16/h2-4H,1H3,(H2,10,14)(H,11,12). The van der Waals surface area contributed by atoms with Crippen molar-refractivity contribution in [1.82, 2.24) is 4.98 Å². The molecule has 7 nitrogen and oxygen atoms in total. The number of nitrogens with zero attached hydrogens (tertiary/aromatic N) is 2. The minimum Gasteiger partial charge on any atom is -0.368 e. The topological polar surface area (TPSA) is 111 Å². The smallest absolute Gasteiger partial charge is 0.288 e. The van der Waals surface area contributed by atoms with Crippen molar-refractivity contribution in [2.75, 3.05) is 5.32 Å². The van der Waals surface area contributed by atoms with E-state index in [2.05, 4.69) is 26.2 Å². The number of rotatable bonds is 4. The highest BCUT2D eigenvalue weighted by Crippen LogP contribution is 2.24. The Morgan fingerprint density at radius 2 is 2.38 bits per heavy atom. The Morgan fingerprint density at radius 1 is 1.75 bits per heavy atom. The molecule has 1 heterocycles. The van der Waals surface area contributed by atoms with Crippen molar-refractivity contribution < 1.29 is 9.72 Å². The summed E-state index contributed by atoms with van der Waals surface area (Å²) in [4.78, 5) is 24.5. The van der Waals surface area contributed by atoms with Gasteiger partial charge in [0, 0.05) is 6.07 Å². The van der Waals surface area contributed by atoms with Crippen LogP contribution in [0.3, 0.4) is 0 Å². The molecular formula is C8H9BrN4O3. The second kappa shape index (κ2) is 4.88. The van der Waals surface area contributed by atoms with Crippen LogP contribution in [-0.2, 0) is 4.79 Å². The molecule has 0 aliphatic heterocycles. The van der Waals surface area contributed by atoms with Crippen LogP contribution in [0.2, 0.25) is 0 Å². The molecule has 1 aromatic rings. The lowest BCUT2D eigenvalue weighted by Crippen LogP contribution is -2.32. The molecule has 8 heteroatoms. The van der Waals surface area contributed by atoms with Crippen LogP contribution in [0, 0.1) is 10.1 Å². The molecular weight excluding hydrogens is 280 g/mol. The first kappa shape index (κ1) is 12.4. The van der Waals surface area contributed by atoms with Crippen LogP contribution in [0.15, 0.2) is 16.7 Å². The molecule has 1 aromatic heterocycles. The first-order chi connectivity index (χ1) is 7.41. The van der Waals surface area contributed by atoms with Crippen molar-refractivity contribution in [3.05, 3.63) is 26.9 Å². The fourth-order valence-corrected chi connectivity index (χ4v) is 1.36. The van der Waals surface area contributed by atoms with Crippen LogP contribution in [0.5, 0.6) is 0 Å². The molecule has 0 aliphatic carbocycles. The van der Waals surface area contributed by atoms with Gasteiger partial charge in [0.05, 0.1) is 9.40 Å². The average molecular weight is 289 g/mol. The van der Waals surface area contributed by atoms with E-state index in [1.807, 2.05) is 0 Å². The molecule has 86 valence electrons. The summed E-state index contributed by atoms with van der Waals surface area (Å²) < 4.78 is 0.398. The Hall–Kier alpha value is -1.70. The van der Waals surface area contributed by atoms with Gasteiger partial charge in [0.1, 0.15) is 18.1 Å². The fourth-order valence-electron chi connectivity index (χ4n) is 0.910. The molecule has 16 heavy (non-hydrogen) atoms. The van der Waals surface area contributed by atoms with Crippen molar-refractivity contribution in [2.24, 2.45) is 5.73 Å². The third-order valence-corrected chi connectivity index (χ3v) is 2.42. The average Bonchev–Trinajstić information content (AvgIpc) is 2.20. The number of nitro groups is 1. The van der Waals surface area contributed by atoms with Gasteiger partial charge in [-0.25, -0.2) is 4.98 Å². The Labute approximate surface area is 99.3 Å². The van der Waals surface area contributed by atoms with Crippen LogP contribution in [0.1, 0.15) is 6.92 Å². The predicted octanol–water partition coefficient (Wildman–Crippen LogP) is 1.04. The van der Waals surface area contributed by atoms with E-state index in [-0.39, 0.29) is 5.69 Å². The number of primary amides is 1. The Balaban J connectivity index is 2.91. The summed E-state index contributed by atoms with van der Waals surface area (Å²) in [6.45, 7) is 1.57. The number of aromatic nitrogens is 1. The van der Waals surface area contributed by atoms with E-state index in [0.29, 0.717) is 10.3 Å². The molecule has 0 saturated carbocycles. The van der Waals surface area contributed by atoms with Crippen molar-refractivity contribution >= 4 is 33.3 Å². The number of hydrogen-bond donors (Lipinski definition) is 2. The minimum atomic E-state index is -0.606. The summed E-state index contributed by atoms with van der Waals surface area (Å²) in [5.74, 6) is -0.205. The molecule has 0 spiro atoms. The molecule has 0 radical (unpaired) electrons. The quantitative estimate of drug-likeness (QED) is 0.635. The third kappa shape index (κ3) is 2.89. The van der Waals surface area contributed by atoms with Gasteiger partial charge in [0.15, 0.2) is 0 Å². The zero-order chi connectivity index (χ0) is 12.3. The summed E-state index contributed by atoms with van der Waals surface area (Å²) in [6, 6.07) is 0.688. The molecule has 1 unspecified atom stereocenters. The highest BCUT2D eigenvalue weighted by Gasteiger charge is 2.14. The summed E-state index contributed by atoms with van der Waals surface area (Å²) in [5.41, 5.74) is 4.92. The maximum atomic E-state index is 10.8. The van der Waals surface area contributed by atoms with E-state index in [1.54, 1.807) is 6.92 Å². The van der Waals surface area contributed by atoms with E-state index < -0.39 is 16.9 Å². The Bertz CT molecular complexity index is 437. The first-order valence-electron chi connectivity index (χ1n) is 4.27. The highest BCUT2D eigenvalue weighted by molar-refractivity contribution is 9.10. The predicted molar refractivity (Wildman–Crippen MR) is 60.9 cm³/mol. The van der Waals surface area contributed by atoms with Crippen LogP contribution in [0.25, 0.3) is 0 Å². The van der Waals surface area contributed by atoms with Crippen molar-refractivity contribution in [3.63, 3.8) is 0 Å². The van der Waals surface area contributed by atoms with Gasteiger partial charge in [-0.05, 0) is 22.9 Å². The monoisotopic (exact) mass is 288 g/mol. The number of pyridine rings is 1. The lowest BCUT2D eigenvalue weighted by molar-refractivity contribution is -0.385. The van der Waals surface area contributed by atoms with Gasteiger partial charge in [-0.3, -0.25) is 14.9 Å². The maximum absolute atomic E-state index is 10.8. The van der Waals surface area contributed by atoms with Gasteiger partial charge in [0.2, 0.25) is 5.91 Å². The fraction of sp³-hybridized carbons (Fsp3) is 0.250. The number of anilines is 1. The number of carbonyl (C=O) groups excluding carboxylic acids is 1. The summed E-state index contributed by atoms with van der Waals surface area (Å²) in [7, 11) is 0. The number of nitrogens with one attached hydrogen (secondary N) is 1. The maximum Gasteiger partial charge on any atom is 0.288 e. The molecule has 0 fully saturated rings. The van der Waals surface area contributed by atoms with Crippen molar-refractivity contribution in [2.45, 2.75) is 13.0 Å². The number of carbonyl (C=O) groups is 1. The van der Waals surface area contributed by atoms with Gasteiger partial charge >= 0.3 is 0 Å². The molecule has 0 aromatic carbocycles. The van der Waals surface area contributed by atoms with Crippen LogP contribution in [0.4, 0.5) is 11.5 Å². The van der Waals surface area contributed by atoms with Crippen LogP contribution >= 0.6 is 15.9 Å². The Morgan fingerprint density at radius 3 is 2.81 bits per heavy atom. The van der Waals surface area contributed by atoms with Gasteiger partial charge in [-0.2, -0.15) is 0 Å². The summed E-state index contributed by atoms with van der Waals surface area (Å²) in [5, 5.41) is 13.2. The van der Waals surface area contributed by atoms with Crippen molar-refractivity contribution in [3.8, 4) is 0 Å². The second-order valence-corrected chi connectivity index (χ2v) is 3.90. The highest BCUT2D eigenvalue weighted by atomic mass is 79.9. The zero-order valence-electron chi connectivity index (χ0n) is 8.31. The number of nitrogens with two attached hydrogens (primary N) is 1. The van der Waals surface area contributed by atoms with E-state index in [4.69, 9.17) is 5.73 Å². The number of halogens is 1. The van der Waals surface area contributed by atoms with Crippen LogP contribution in [-0.4, -0.2) is 21.9 Å². The van der Waals surface area contributed by atoms with Gasteiger partial charge in [0.25, 0.3) is 5.69 Å². The van der Waals surface area contributed by atoms with Gasteiger partial charge < -0.3 is 11.1 Å². The number of amides is 1. The third-order valence-electron chi connectivity index (χ3n) is 1.82. The largest absolute Gasteiger partial charge is 0.368 e. The van der Waals surface area contributed by atoms with Gasteiger partial charge in [-0.15, -0.1) is 0 Å². The van der Waals surface area contributed by atoms with E-state index in [1.165, 1.54) is 6.07 Å². The first-order valence-corrected chi connectivity index (χ1v) is 5.07. The molecule has 0 aliphatic rings. The zero-order valence-corrected chi connectivity index (χ0v) is 9.89. The Kier molecular flexibility index (Phi) is 3.78. The lowest BCUT2D eigenvalue weighted by atomic mass is 10.3. The summed E-state index contributed by atoms with van der Waals surface area (Å²) >= 11 is 3.11. The molecule has 0 saturated heterocycles. The van der Waals surface area contributed by atoms with Gasteiger partial charge in [-0.1, -0.05) is 0 Å². The minimum absolute atomic E-state index is 0.135. The van der Waals surface area contributed by atoms with Crippen LogP contribution < -0.4 is 11.1 Å². The lowest BCUT2D eigenvalue weighted by Gasteiger charge is -2.11.